The van der Waals surface area contributed by atoms with Crippen molar-refractivity contribution >= 4 is 5.78 Å². The number of aryl methyl sites for hydroxylation is 1. The first-order valence-corrected chi connectivity index (χ1v) is 6.30. The van der Waals surface area contributed by atoms with Gasteiger partial charge in [-0.25, -0.2) is 13.2 Å². The zero-order valence-electron chi connectivity index (χ0n) is 11.5. The fourth-order valence-corrected chi connectivity index (χ4v) is 1.79. The van der Waals surface area contributed by atoms with E-state index >= 15 is 0 Å². The maximum Gasteiger partial charge on any atom is 0.203 e. The van der Waals surface area contributed by atoms with Crippen LogP contribution in [0.2, 0.25) is 0 Å². The molecule has 5 heteroatoms. The second kappa shape index (κ2) is 5.99. The normalized spacial score (nSPS) is 12.0. The fourth-order valence-electron chi connectivity index (χ4n) is 1.79. The second-order valence-corrected chi connectivity index (χ2v) is 4.66. The first-order valence-electron chi connectivity index (χ1n) is 6.30. The zero-order chi connectivity index (χ0) is 15.6. The third-order valence-electron chi connectivity index (χ3n) is 3.03. The van der Waals surface area contributed by atoms with E-state index in [0.29, 0.717) is 5.56 Å². The molecular weight excluding hydrogens is 281 g/mol. The summed E-state index contributed by atoms with van der Waals surface area (Å²) in [7, 11) is 0. The van der Waals surface area contributed by atoms with E-state index in [1.165, 1.54) is 31.2 Å². The molecule has 0 fully saturated rings. The Morgan fingerprint density at radius 2 is 1.71 bits per heavy atom. The molecule has 1 atom stereocenters. The van der Waals surface area contributed by atoms with E-state index < -0.39 is 29.3 Å². The van der Waals surface area contributed by atoms with Crippen molar-refractivity contribution in [2.75, 3.05) is 0 Å². The summed E-state index contributed by atoms with van der Waals surface area (Å²) in [5.74, 6) is -2.90. The average Bonchev–Trinajstić information content (AvgIpc) is 2.45. The highest BCUT2D eigenvalue weighted by molar-refractivity contribution is 5.99. The highest BCUT2D eigenvalue weighted by Crippen LogP contribution is 2.19. The fraction of sp³-hybridized carbons (Fsp3) is 0.188. The van der Waals surface area contributed by atoms with Crippen molar-refractivity contribution in [3.05, 3.63) is 65.0 Å². The van der Waals surface area contributed by atoms with Gasteiger partial charge in [-0.3, -0.25) is 4.79 Å². The van der Waals surface area contributed by atoms with Gasteiger partial charge in [-0.2, -0.15) is 0 Å². The van der Waals surface area contributed by atoms with Crippen LogP contribution in [0.4, 0.5) is 13.2 Å². The summed E-state index contributed by atoms with van der Waals surface area (Å²) < 4.78 is 44.7. The van der Waals surface area contributed by atoms with Gasteiger partial charge in [0.25, 0.3) is 0 Å². The number of halogens is 3. The molecule has 1 unspecified atom stereocenters. The van der Waals surface area contributed by atoms with Crippen LogP contribution in [0.25, 0.3) is 0 Å². The van der Waals surface area contributed by atoms with Crippen LogP contribution in [0, 0.1) is 24.4 Å². The van der Waals surface area contributed by atoms with Gasteiger partial charge in [0.05, 0.1) is 0 Å². The zero-order valence-corrected chi connectivity index (χ0v) is 11.5. The van der Waals surface area contributed by atoms with Crippen molar-refractivity contribution in [2.45, 2.75) is 20.0 Å². The Bertz CT molecular complexity index is 683. The number of benzene rings is 2. The van der Waals surface area contributed by atoms with E-state index in [4.69, 9.17) is 4.74 Å². The van der Waals surface area contributed by atoms with Crippen LogP contribution in [0.1, 0.15) is 22.8 Å². The summed E-state index contributed by atoms with van der Waals surface area (Å²) in [5.41, 5.74) is 0.455. The van der Waals surface area contributed by atoms with Crippen LogP contribution >= 0.6 is 0 Å². The van der Waals surface area contributed by atoms with Gasteiger partial charge in [0.15, 0.2) is 17.7 Å². The molecule has 2 rings (SSSR count). The molecular formula is C16H13F3O2. The maximum absolute atomic E-state index is 13.4. The Balaban J connectivity index is 2.15. The first-order chi connectivity index (χ1) is 9.88. The van der Waals surface area contributed by atoms with Gasteiger partial charge in [-0.05, 0) is 43.7 Å². The molecule has 0 N–H and O–H groups in total. The number of hydrogen-bond donors (Lipinski definition) is 0. The summed E-state index contributed by atoms with van der Waals surface area (Å²) in [6.45, 7) is 3.07. The summed E-state index contributed by atoms with van der Waals surface area (Å²) in [6, 6.07) is 7.10. The molecule has 0 aliphatic heterocycles. The van der Waals surface area contributed by atoms with Gasteiger partial charge >= 0.3 is 0 Å². The summed E-state index contributed by atoms with van der Waals surface area (Å²) >= 11 is 0. The number of carbonyl (C=O) groups is 1. The number of ketones is 1. The minimum Gasteiger partial charge on any atom is -0.482 e. The molecule has 2 aromatic rings. The lowest BCUT2D eigenvalue weighted by Crippen LogP contribution is -2.24. The number of hydrogen-bond acceptors (Lipinski definition) is 2. The number of rotatable bonds is 4. The van der Waals surface area contributed by atoms with Crippen LogP contribution in [-0.4, -0.2) is 11.9 Å². The van der Waals surface area contributed by atoms with E-state index in [1.54, 1.807) is 6.92 Å². The lowest BCUT2D eigenvalue weighted by molar-refractivity contribution is 0.0817. The van der Waals surface area contributed by atoms with Crippen LogP contribution < -0.4 is 4.74 Å². The van der Waals surface area contributed by atoms with Crippen molar-refractivity contribution in [2.24, 2.45) is 0 Å². The summed E-state index contributed by atoms with van der Waals surface area (Å²) in [6.07, 6.45) is -0.947. The topological polar surface area (TPSA) is 26.3 Å². The second-order valence-electron chi connectivity index (χ2n) is 4.66. The van der Waals surface area contributed by atoms with E-state index in [1.807, 2.05) is 0 Å². The molecule has 0 aliphatic rings. The van der Waals surface area contributed by atoms with E-state index in [9.17, 15) is 18.0 Å². The molecule has 0 amide bonds. The lowest BCUT2D eigenvalue weighted by Gasteiger charge is -2.14. The number of Topliss-reactive ketones (excluding diaryl/α,β-unsaturated/α-hetero) is 1. The highest BCUT2D eigenvalue weighted by atomic mass is 19.2. The van der Waals surface area contributed by atoms with Gasteiger partial charge in [-0.15, -0.1) is 0 Å². The predicted molar refractivity (Wildman–Crippen MR) is 71.9 cm³/mol. The molecule has 21 heavy (non-hydrogen) atoms. The number of ether oxygens (including phenoxy) is 1. The first kappa shape index (κ1) is 15.1. The van der Waals surface area contributed by atoms with Crippen LogP contribution in [0.5, 0.6) is 5.75 Å². The van der Waals surface area contributed by atoms with Crippen molar-refractivity contribution in [3.63, 3.8) is 0 Å². The predicted octanol–water partition coefficient (Wildman–Crippen LogP) is 4.06. The van der Waals surface area contributed by atoms with Crippen molar-refractivity contribution < 1.29 is 22.7 Å². The molecule has 0 saturated carbocycles. The minimum absolute atomic E-state index is 0.00557. The Hall–Kier alpha value is -2.30. The van der Waals surface area contributed by atoms with Crippen molar-refractivity contribution in [1.29, 1.82) is 0 Å². The Morgan fingerprint density at radius 1 is 1.00 bits per heavy atom. The van der Waals surface area contributed by atoms with Crippen molar-refractivity contribution in [1.82, 2.24) is 0 Å². The highest BCUT2D eigenvalue weighted by Gasteiger charge is 2.19. The Morgan fingerprint density at radius 3 is 2.33 bits per heavy atom. The molecule has 0 aromatic heterocycles. The third-order valence-corrected chi connectivity index (χ3v) is 3.03. The molecule has 0 heterocycles. The molecule has 0 spiro atoms. The Labute approximate surface area is 120 Å². The largest absolute Gasteiger partial charge is 0.482 e. The monoisotopic (exact) mass is 294 g/mol. The lowest BCUT2D eigenvalue weighted by atomic mass is 10.1. The van der Waals surface area contributed by atoms with E-state index in [-0.39, 0.29) is 11.3 Å². The third kappa shape index (κ3) is 3.42. The molecule has 110 valence electrons. The van der Waals surface area contributed by atoms with E-state index in [0.717, 1.165) is 12.1 Å². The van der Waals surface area contributed by atoms with Crippen LogP contribution in [0.15, 0.2) is 36.4 Å². The standard InChI is InChI=1S/C16H13F3O2/c1-9-3-5-12(8-14(9)18)21-10(2)16(20)11-4-6-13(17)15(19)7-11/h3-8,10H,1-2H3. The van der Waals surface area contributed by atoms with E-state index in [2.05, 4.69) is 0 Å². The SMILES string of the molecule is Cc1ccc(OC(C)C(=O)c2ccc(F)c(F)c2)cc1F. The van der Waals surface area contributed by atoms with Gasteiger partial charge in [0.1, 0.15) is 11.6 Å². The van der Waals surface area contributed by atoms with Gasteiger partial charge in [0, 0.05) is 11.6 Å². The maximum atomic E-state index is 13.4. The van der Waals surface area contributed by atoms with Crippen LogP contribution in [0.3, 0.4) is 0 Å². The minimum atomic E-state index is -1.10. The molecule has 0 aliphatic carbocycles. The molecule has 2 aromatic carbocycles. The van der Waals surface area contributed by atoms with Gasteiger partial charge in [0.2, 0.25) is 5.78 Å². The van der Waals surface area contributed by atoms with Gasteiger partial charge < -0.3 is 4.74 Å². The number of carbonyl (C=O) groups excluding carboxylic acids is 1. The Kier molecular flexibility index (Phi) is 4.31. The molecule has 2 nitrogen and oxygen atoms in total. The van der Waals surface area contributed by atoms with Crippen LogP contribution in [-0.2, 0) is 0 Å². The quantitative estimate of drug-likeness (QED) is 0.795. The molecule has 0 radical (unpaired) electrons. The average molecular weight is 294 g/mol. The molecule has 0 bridgehead atoms. The smallest absolute Gasteiger partial charge is 0.203 e. The molecule has 0 saturated heterocycles. The summed E-state index contributed by atoms with van der Waals surface area (Å²) in [5, 5.41) is 0. The summed E-state index contributed by atoms with van der Waals surface area (Å²) in [4.78, 5) is 12.1. The van der Waals surface area contributed by atoms with Crippen molar-refractivity contribution in [3.8, 4) is 5.75 Å². The van der Waals surface area contributed by atoms with Gasteiger partial charge in [-0.1, -0.05) is 6.07 Å².